The third-order valence-electron chi connectivity index (χ3n) is 2.93. The Kier molecular flexibility index (Phi) is 4.02. The normalized spacial score (nSPS) is 9.65. The van der Waals surface area contributed by atoms with E-state index < -0.39 is 0 Å². The van der Waals surface area contributed by atoms with Crippen LogP contribution in [0, 0.1) is 11.3 Å². The van der Waals surface area contributed by atoms with Gasteiger partial charge in [0.2, 0.25) is 0 Å². The lowest BCUT2D eigenvalue weighted by molar-refractivity contribution is 0.101. The lowest BCUT2D eigenvalue weighted by Crippen LogP contribution is -2.02. The van der Waals surface area contributed by atoms with Gasteiger partial charge in [0.05, 0.1) is 18.4 Å². The van der Waals surface area contributed by atoms with Gasteiger partial charge in [0.15, 0.2) is 5.78 Å². The van der Waals surface area contributed by atoms with Gasteiger partial charge >= 0.3 is 0 Å². The molecule has 0 aliphatic heterocycles. The summed E-state index contributed by atoms with van der Waals surface area (Å²) in [5, 5.41) is 12.3. The molecule has 1 N–H and O–H groups in total. The van der Waals surface area contributed by atoms with Crippen molar-refractivity contribution >= 4 is 17.2 Å². The minimum absolute atomic E-state index is 0.0403. The molecule has 0 aliphatic carbocycles. The van der Waals surface area contributed by atoms with Crippen LogP contribution in [0.1, 0.15) is 22.8 Å². The number of rotatable bonds is 4. The van der Waals surface area contributed by atoms with Gasteiger partial charge in [-0.2, -0.15) is 5.26 Å². The molecule has 0 atom stereocenters. The summed E-state index contributed by atoms with van der Waals surface area (Å²) in [4.78, 5) is 11.6. The molecule has 2 aromatic carbocycles. The van der Waals surface area contributed by atoms with Crippen molar-refractivity contribution in [2.75, 3.05) is 12.4 Å². The number of anilines is 2. The summed E-state index contributed by atoms with van der Waals surface area (Å²) in [5.41, 5.74) is 2.25. The third kappa shape index (κ3) is 2.62. The highest BCUT2D eigenvalue weighted by molar-refractivity contribution is 6.00. The van der Waals surface area contributed by atoms with Gasteiger partial charge in [-0.1, -0.05) is 18.2 Å². The fraction of sp³-hybridized carbons (Fsp3) is 0.125. The van der Waals surface area contributed by atoms with Gasteiger partial charge in [-0.3, -0.25) is 4.79 Å². The molecule has 0 spiro atoms. The molecule has 2 aromatic rings. The first-order chi connectivity index (χ1) is 9.67. The third-order valence-corrected chi connectivity index (χ3v) is 2.93. The van der Waals surface area contributed by atoms with E-state index in [-0.39, 0.29) is 5.78 Å². The Morgan fingerprint density at radius 3 is 2.60 bits per heavy atom. The molecular weight excluding hydrogens is 252 g/mol. The number of hydrogen-bond donors (Lipinski definition) is 1. The van der Waals surface area contributed by atoms with E-state index in [0.29, 0.717) is 28.3 Å². The van der Waals surface area contributed by atoms with Crippen LogP contribution in [0.2, 0.25) is 0 Å². The summed E-state index contributed by atoms with van der Waals surface area (Å²) in [6.45, 7) is 1.51. The van der Waals surface area contributed by atoms with Crippen LogP contribution in [0.5, 0.6) is 5.75 Å². The SMILES string of the molecule is COc1cccc(C#N)c1Nc1ccccc1C(C)=O. The number of benzene rings is 2. The number of nitrogens with one attached hydrogen (secondary N) is 1. The maximum atomic E-state index is 11.6. The highest BCUT2D eigenvalue weighted by Crippen LogP contribution is 2.32. The molecule has 2 rings (SSSR count). The van der Waals surface area contributed by atoms with Crippen molar-refractivity contribution in [3.8, 4) is 11.8 Å². The van der Waals surface area contributed by atoms with Crippen molar-refractivity contribution in [2.45, 2.75) is 6.92 Å². The molecule has 0 heterocycles. The van der Waals surface area contributed by atoms with Crippen molar-refractivity contribution in [2.24, 2.45) is 0 Å². The van der Waals surface area contributed by atoms with Crippen LogP contribution < -0.4 is 10.1 Å². The highest BCUT2D eigenvalue weighted by atomic mass is 16.5. The maximum absolute atomic E-state index is 11.6. The summed E-state index contributed by atoms with van der Waals surface area (Å²) >= 11 is 0. The molecule has 0 aromatic heterocycles. The summed E-state index contributed by atoms with van der Waals surface area (Å²) in [7, 11) is 1.54. The van der Waals surface area contributed by atoms with E-state index in [1.165, 1.54) is 6.92 Å². The van der Waals surface area contributed by atoms with Crippen LogP contribution in [0.4, 0.5) is 11.4 Å². The lowest BCUT2D eigenvalue weighted by atomic mass is 10.1. The largest absolute Gasteiger partial charge is 0.495 e. The Bertz CT molecular complexity index is 687. The zero-order valence-corrected chi connectivity index (χ0v) is 11.3. The van der Waals surface area contributed by atoms with E-state index >= 15 is 0 Å². The number of nitriles is 1. The number of Topliss-reactive ketones (excluding diaryl/α,β-unsaturated/α-hetero) is 1. The summed E-state index contributed by atoms with van der Waals surface area (Å²) in [6.07, 6.45) is 0. The van der Waals surface area contributed by atoms with E-state index in [4.69, 9.17) is 4.74 Å². The Morgan fingerprint density at radius 2 is 1.95 bits per heavy atom. The minimum Gasteiger partial charge on any atom is -0.495 e. The first kappa shape index (κ1) is 13.6. The molecule has 0 unspecified atom stereocenters. The summed E-state index contributed by atoms with van der Waals surface area (Å²) < 4.78 is 5.26. The Morgan fingerprint density at radius 1 is 1.20 bits per heavy atom. The van der Waals surface area contributed by atoms with E-state index in [9.17, 15) is 10.1 Å². The minimum atomic E-state index is -0.0403. The molecule has 0 amide bonds. The standard InChI is InChI=1S/C16H14N2O2/c1-11(19)13-7-3-4-8-14(13)18-16-12(10-17)6-5-9-15(16)20-2/h3-9,18H,1-2H3. The zero-order chi connectivity index (χ0) is 14.5. The topological polar surface area (TPSA) is 62.1 Å². The van der Waals surface area contributed by atoms with Gasteiger partial charge in [-0.05, 0) is 31.2 Å². The molecule has 20 heavy (non-hydrogen) atoms. The average molecular weight is 266 g/mol. The lowest BCUT2D eigenvalue weighted by Gasteiger charge is -2.14. The number of para-hydroxylation sites is 2. The molecule has 0 radical (unpaired) electrons. The average Bonchev–Trinajstić information content (AvgIpc) is 2.47. The smallest absolute Gasteiger partial charge is 0.161 e. The van der Waals surface area contributed by atoms with Gasteiger partial charge in [0.1, 0.15) is 11.8 Å². The second-order valence-electron chi connectivity index (χ2n) is 4.22. The van der Waals surface area contributed by atoms with Crippen molar-refractivity contribution in [3.63, 3.8) is 0 Å². The van der Waals surface area contributed by atoms with Crippen molar-refractivity contribution in [1.82, 2.24) is 0 Å². The predicted molar refractivity (Wildman–Crippen MR) is 77.4 cm³/mol. The number of ether oxygens (including phenoxy) is 1. The molecule has 100 valence electrons. The highest BCUT2D eigenvalue weighted by Gasteiger charge is 2.12. The number of carbonyl (C=O) groups is 1. The summed E-state index contributed by atoms with van der Waals surface area (Å²) in [6, 6.07) is 14.5. The van der Waals surface area contributed by atoms with Crippen LogP contribution in [0.25, 0.3) is 0 Å². The predicted octanol–water partition coefficient (Wildman–Crippen LogP) is 3.51. The zero-order valence-electron chi connectivity index (χ0n) is 11.3. The Balaban J connectivity index is 2.51. The molecule has 0 fully saturated rings. The van der Waals surface area contributed by atoms with E-state index in [2.05, 4.69) is 11.4 Å². The van der Waals surface area contributed by atoms with E-state index in [1.807, 2.05) is 6.07 Å². The van der Waals surface area contributed by atoms with Gasteiger partial charge < -0.3 is 10.1 Å². The van der Waals surface area contributed by atoms with E-state index in [1.54, 1.807) is 43.5 Å². The monoisotopic (exact) mass is 266 g/mol. The quantitative estimate of drug-likeness (QED) is 0.860. The fourth-order valence-electron chi connectivity index (χ4n) is 1.96. The second-order valence-corrected chi connectivity index (χ2v) is 4.22. The molecule has 0 saturated carbocycles. The van der Waals surface area contributed by atoms with Crippen molar-refractivity contribution in [3.05, 3.63) is 53.6 Å². The number of carbonyl (C=O) groups excluding carboxylic acids is 1. The van der Waals surface area contributed by atoms with Crippen LogP contribution in [0.3, 0.4) is 0 Å². The molecule has 0 aliphatic rings. The number of methoxy groups -OCH3 is 1. The number of hydrogen-bond acceptors (Lipinski definition) is 4. The molecular formula is C16H14N2O2. The van der Waals surface area contributed by atoms with Gasteiger partial charge in [-0.15, -0.1) is 0 Å². The molecule has 0 bridgehead atoms. The number of nitrogens with zero attached hydrogens (tertiary/aromatic N) is 1. The summed E-state index contributed by atoms with van der Waals surface area (Å²) in [5.74, 6) is 0.518. The van der Waals surface area contributed by atoms with E-state index in [0.717, 1.165) is 0 Å². The van der Waals surface area contributed by atoms with Crippen LogP contribution in [-0.2, 0) is 0 Å². The van der Waals surface area contributed by atoms with Crippen LogP contribution in [-0.4, -0.2) is 12.9 Å². The Labute approximate surface area is 117 Å². The Hall–Kier alpha value is -2.80. The van der Waals surface area contributed by atoms with Crippen LogP contribution in [0.15, 0.2) is 42.5 Å². The first-order valence-electron chi connectivity index (χ1n) is 6.11. The van der Waals surface area contributed by atoms with Gasteiger partial charge in [0, 0.05) is 11.3 Å². The first-order valence-corrected chi connectivity index (χ1v) is 6.11. The van der Waals surface area contributed by atoms with Gasteiger partial charge in [0.25, 0.3) is 0 Å². The fourth-order valence-corrected chi connectivity index (χ4v) is 1.96. The van der Waals surface area contributed by atoms with Gasteiger partial charge in [-0.25, -0.2) is 0 Å². The molecule has 4 heteroatoms. The van der Waals surface area contributed by atoms with Crippen LogP contribution >= 0.6 is 0 Å². The van der Waals surface area contributed by atoms with Crippen molar-refractivity contribution < 1.29 is 9.53 Å². The number of ketones is 1. The maximum Gasteiger partial charge on any atom is 0.161 e. The second kappa shape index (κ2) is 5.89. The molecule has 0 saturated heterocycles. The molecule has 4 nitrogen and oxygen atoms in total. The van der Waals surface area contributed by atoms with Crippen molar-refractivity contribution in [1.29, 1.82) is 5.26 Å².